The van der Waals surface area contributed by atoms with Gasteiger partial charge < -0.3 is 15.2 Å². The van der Waals surface area contributed by atoms with Crippen LogP contribution in [-0.2, 0) is 28.1 Å². The Hall–Kier alpha value is -3.01. The fourth-order valence-corrected chi connectivity index (χ4v) is 5.85. The zero-order chi connectivity index (χ0) is 26.1. The molecule has 3 rings (SSSR count). The van der Waals surface area contributed by atoms with E-state index in [2.05, 4.69) is 10.6 Å². The van der Waals surface area contributed by atoms with Crippen LogP contribution in [0.15, 0.2) is 18.2 Å². The smallest absolute Gasteiger partial charge is 0.294 e. The van der Waals surface area contributed by atoms with Crippen molar-refractivity contribution >= 4 is 33.1 Å². The number of nitrogens with zero attached hydrogens (tertiary/aromatic N) is 1. The van der Waals surface area contributed by atoms with Crippen molar-refractivity contribution in [2.24, 2.45) is 7.05 Å². The summed E-state index contributed by atoms with van der Waals surface area (Å²) in [5, 5.41) is 5.08. The van der Waals surface area contributed by atoms with E-state index in [-0.39, 0.29) is 17.6 Å². The number of amides is 2. The van der Waals surface area contributed by atoms with Crippen LogP contribution >= 0.6 is 0 Å². The molecule has 1 saturated carbocycles. The second-order valence-electron chi connectivity index (χ2n) is 9.22. The standard InChI is InChI=1S/C25H32FN3O5S/c1-6-19-21(24(31)28-17-9-12-20(26)14(2)13-17)15(3)29(4)22(19)23(30)25(32)27-16-7-10-18(11-8-16)35(5,33)34/h9,12-13,16,18H,6-8,10-11H2,1-5H3,(H,27,32)(H,28,31). The number of aromatic nitrogens is 1. The zero-order valence-electron chi connectivity index (χ0n) is 20.7. The van der Waals surface area contributed by atoms with E-state index in [0.29, 0.717) is 60.2 Å². The van der Waals surface area contributed by atoms with Gasteiger partial charge in [-0.1, -0.05) is 6.92 Å². The molecule has 1 aromatic carbocycles. The monoisotopic (exact) mass is 505 g/mol. The number of benzene rings is 1. The number of carbonyl (C=O) groups excluding carboxylic acids is 3. The van der Waals surface area contributed by atoms with Gasteiger partial charge in [0.05, 0.1) is 16.5 Å². The minimum Gasteiger partial charge on any atom is -0.346 e. The molecule has 10 heteroatoms. The average molecular weight is 506 g/mol. The van der Waals surface area contributed by atoms with E-state index in [1.54, 1.807) is 32.4 Å². The van der Waals surface area contributed by atoms with Gasteiger partial charge >= 0.3 is 0 Å². The quantitative estimate of drug-likeness (QED) is 0.443. The summed E-state index contributed by atoms with van der Waals surface area (Å²) >= 11 is 0. The third-order valence-electron chi connectivity index (χ3n) is 6.82. The Labute approximate surface area is 205 Å². The SMILES string of the molecule is CCc1c(C(=O)Nc2ccc(F)c(C)c2)c(C)n(C)c1C(=O)C(=O)NC1CCC(S(C)(=O)=O)CC1. The van der Waals surface area contributed by atoms with Crippen LogP contribution in [0, 0.1) is 19.7 Å². The maximum absolute atomic E-state index is 13.6. The van der Waals surface area contributed by atoms with Crippen LogP contribution in [0.3, 0.4) is 0 Å². The summed E-state index contributed by atoms with van der Waals surface area (Å²) in [6.45, 7) is 5.10. The van der Waals surface area contributed by atoms with Crippen LogP contribution in [0.4, 0.5) is 10.1 Å². The van der Waals surface area contributed by atoms with Crippen molar-refractivity contribution in [3.8, 4) is 0 Å². The molecule has 1 aliphatic rings. The number of ketones is 1. The molecule has 0 bridgehead atoms. The highest BCUT2D eigenvalue weighted by Gasteiger charge is 2.33. The van der Waals surface area contributed by atoms with Gasteiger partial charge in [-0.2, -0.15) is 0 Å². The fraction of sp³-hybridized carbons (Fsp3) is 0.480. The second kappa shape index (κ2) is 10.3. The molecule has 0 aliphatic heterocycles. The molecule has 190 valence electrons. The highest BCUT2D eigenvalue weighted by molar-refractivity contribution is 7.91. The molecule has 8 nitrogen and oxygen atoms in total. The topological polar surface area (TPSA) is 114 Å². The van der Waals surface area contributed by atoms with Crippen LogP contribution in [0.25, 0.3) is 0 Å². The van der Waals surface area contributed by atoms with E-state index in [9.17, 15) is 27.2 Å². The van der Waals surface area contributed by atoms with Crippen molar-refractivity contribution < 1.29 is 27.2 Å². The lowest BCUT2D eigenvalue weighted by molar-refractivity contribution is -0.117. The number of anilines is 1. The van der Waals surface area contributed by atoms with Crippen molar-refractivity contribution in [2.45, 2.75) is 64.2 Å². The van der Waals surface area contributed by atoms with Gasteiger partial charge in [0.25, 0.3) is 17.6 Å². The van der Waals surface area contributed by atoms with Gasteiger partial charge in [-0.3, -0.25) is 14.4 Å². The van der Waals surface area contributed by atoms with E-state index >= 15 is 0 Å². The molecule has 0 spiro atoms. The van der Waals surface area contributed by atoms with Crippen LogP contribution in [0.1, 0.15) is 70.3 Å². The highest BCUT2D eigenvalue weighted by atomic mass is 32.2. The average Bonchev–Trinajstić information content (AvgIpc) is 3.05. The Balaban J connectivity index is 1.80. The Morgan fingerprint density at radius 3 is 2.29 bits per heavy atom. The molecule has 2 amide bonds. The molecular weight excluding hydrogens is 473 g/mol. The van der Waals surface area contributed by atoms with Crippen LogP contribution in [-0.4, -0.2) is 48.1 Å². The minimum absolute atomic E-state index is 0.146. The summed E-state index contributed by atoms with van der Waals surface area (Å²) in [6.07, 6.45) is 3.40. The molecule has 0 unspecified atom stereocenters. The lowest BCUT2D eigenvalue weighted by Crippen LogP contribution is -2.43. The molecule has 1 heterocycles. The third kappa shape index (κ3) is 5.63. The first-order valence-electron chi connectivity index (χ1n) is 11.6. The maximum atomic E-state index is 13.6. The number of nitrogens with one attached hydrogen (secondary N) is 2. The Bertz CT molecular complexity index is 1270. The highest BCUT2D eigenvalue weighted by Crippen LogP contribution is 2.27. The number of sulfone groups is 1. The summed E-state index contributed by atoms with van der Waals surface area (Å²) in [7, 11) is -1.50. The van der Waals surface area contributed by atoms with Gasteiger partial charge in [0.1, 0.15) is 15.7 Å². The molecule has 35 heavy (non-hydrogen) atoms. The van der Waals surface area contributed by atoms with Crippen LogP contribution < -0.4 is 10.6 Å². The lowest BCUT2D eigenvalue weighted by atomic mass is 9.94. The molecule has 2 aromatic rings. The minimum atomic E-state index is -3.13. The van der Waals surface area contributed by atoms with E-state index < -0.39 is 32.7 Å². The third-order valence-corrected chi connectivity index (χ3v) is 8.50. The molecular formula is C25H32FN3O5S. The molecule has 2 N–H and O–H groups in total. The number of hydrogen-bond acceptors (Lipinski definition) is 5. The predicted molar refractivity (Wildman–Crippen MR) is 132 cm³/mol. The van der Waals surface area contributed by atoms with Gasteiger partial charge in [-0.15, -0.1) is 0 Å². The number of aryl methyl sites for hydroxylation is 1. The van der Waals surface area contributed by atoms with Gasteiger partial charge in [-0.05, 0) is 75.3 Å². The zero-order valence-corrected chi connectivity index (χ0v) is 21.5. The van der Waals surface area contributed by atoms with Gasteiger partial charge in [-0.25, -0.2) is 12.8 Å². The van der Waals surface area contributed by atoms with Gasteiger partial charge in [0, 0.05) is 30.7 Å². The van der Waals surface area contributed by atoms with Crippen molar-refractivity contribution in [1.82, 2.24) is 9.88 Å². The van der Waals surface area contributed by atoms with Crippen molar-refractivity contribution in [2.75, 3.05) is 11.6 Å². The van der Waals surface area contributed by atoms with Gasteiger partial charge in [0.2, 0.25) is 0 Å². The number of Topliss-reactive ketones (excluding diaryl/α,β-unsaturated/α-hetero) is 1. The Morgan fingerprint density at radius 1 is 1.11 bits per heavy atom. The summed E-state index contributed by atoms with van der Waals surface area (Å²) in [5.74, 6) is -2.34. The largest absolute Gasteiger partial charge is 0.346 e. The summed E-state index contributed by atoms with van der Waals surface area (Å²) in [5.41, 5.74) is 2.26. The lowest BCUT2D eigenvalue weighted by Gasteiger charge is -2.27. The Kier molecular flexibility index (Phi) is 7.83. The van der Waals surface area contributed by atoms with Crippen LogP contribution in [0.2, 0.25) is 0 Å². The molecule has 0 saturated heterocycles. The van der Waals surface area contributed by atoms with E-state index in [0.717, 1.165) is 0 Å². The maximum Gasteiger partial charge on any atom is 0.294 e. The normalized spacial score (nSPS) is 18.2. The fourth-order valence-electron chi connectivity index (χ4n) is 4.72. The molecule has 0 radical (unpaired) electrons. The molecule has 1 aliphatic carbocycles. The first-order valence-corrected chi connectivity index (χ1v) is 13.6. The van der Waals surface area contributed by atoms with Gasteiger partial charge in [0.15, 0.2) is 0 Å². The van der Waals surface area contributed by atoms with Crippen molar-refractivity contribution in [3.63, 3.8) is 0 Å². The van der Waals surface area contributed by atoms with E-state index in [1.165, 1.54) is 24.5 Å². The summed E-state index contributed by atoms with van der Waals surface area (Å²) in [6, 6.07) is 3.98. The van der Waals surface area contributed by atoms with Crippen molar-refractivity contribution in [1.29, 1.82) is 0 Å². The molecule has 1 fully saturated rings. The number of rotatable bonds is 7. The Morgan fingerprint density at radius 2 is 1.74 bits per heavy atom. The number of carbonyl (C=O) groups is 3. The molecule has 1 aromatic heterocycles. The van der Waals surface area contributed by atoms with Crippen LogP contribution in [0.5, 0.6) is 0 Å². The van der Waals surface area contributed by atoms with Crippen molar-refractivity contribution in [3.05, 3.63) is 52.1 Å². The predicted octanol–water partition coefficient (Wildman–Crippen LogP) is 3.25. The first-order chi connectivity index (χ1) is 16.3. The van der Waals surface area contributed by atoms with E-state index in [1.807, 2.05) is 0 Å². The number of hydrogen-bond donors (Lipinski definition) is 2. The van der Waals surface area contributed by atoms with E-state index in [4.69, 9.17) is 0 Å². The summed E-state index contributed by atoms with van der Waals surface area (Å²) < 4.78 is 38.6. The molecule has 0 atom stereocenters. The number of halogens is 1. The second-order valence-corrected chi connectivity index (χ2v) is 11.5. The summed E-state index contributed by atoms with van der Waals surface area (Å²) in [4.78, 5) is 39.1. The first kappa shape index (κ1) is 26.6.